The first-order valence-corrected chi connectivity index (χ1v) is 11.6. The standard InChI is InChI=1S/C26H19ClF2N2O4S/c1-2-34-22-13-15(12-20(27)23(22)35-14-16-5-3-4-6-21(16)29)11-19-24(32)30-26(36)31(25(19)33)18-9-7-17(28)8-10-18/h3-13H,2,14H2,1H3,(H,30,32,36)/b19-11-. The van der Waals surface area contributed by atoms with Crippen molar-refractivity contribution in [1.29, 1.82) is 0 Å². The largest absolute Gasteiger partial charge is 0.490 e. The van der Waals surface area contributed by atoms with Crippen molar-refractivity contribution < 1.29 is 27.8 Å². The molecule has 184 valence electrons. The smallest absolute Gasteiger partial charge is 0.270 e. The monoisotopic (exact) mass is 528 g/mol. The molecule has 2 amide bonds. The number of halogens is 3. The van der Waals surface area contributed by atoms with Crippen molar-refractivity contribution in [3.8, 4) is 11.5 Å². The van der Waals surface area contributed by atoms with E-state index in [0.717, 1.165) is 4.90 Å². The number of hydrogen-bond donors (Lipinski definition) is 1. The minimum atomic E-state index is -0.697. The van der Waals surface area contributed by atoms with Crippen LogP contribution in [0, 0.1) is 11.6 Å². The minimum absolute atomic E-state index is 0.0854. The fraction of sp³-hybridized carbons (Fsp3) is 0.115. The van der Waals surface area contributed by atoms with Crippen LogP contribution < -0.4 is 19.7 Å². The normalized spacial score (nSPS) is 14.7. The molecule has 1 saturated heterocycles. The summed E-state index contributed by atoms with van der Waals surface area (Å²) in [5.74, 6) is -1.84. The first-order valence-electron chi connectivity index (χ1n) is 10.8. The summed E-state index contributed by atoms with van der Waals surface area (Å²) in [6.45, 7) is 1.95. The third kappa shape index (κ3) is 5.37. The molecule has 3 aromatic rings. The van der Waals surface area contributed by atoms with Crippen molar-refractivity contribution >= 4 is 52.5 Å². The topological polar surface area (TPSA) is 67.9 Å². The summed E-state index contributed by atoms with van der Waals surface area (Å²) in [6.07, 6.45) is 1.34. The lowest BCUT2D eigenvalue weighted by molar-refractivity contribution is -0.122. The van der Waals surface area contributed by atoms with Crippen LogP contribution in [0.15, 0.2) is 66.2 Å². The van der Waals surface area contributed by atoms with Crippen molar-refractivity contribution in [1.82, 2.24) is 5.32 Å². The molecule has 0 bridgehead atoms. The summed E-state index contributed by atoms with van der Waals surface area (Å²) in [4.78, 5) is 26.9. The van der Waals surface area contributed by atoms with Crippen LogP contribution in [0.5, 0.6) is 11.5 Å². The summed E-state index contributed by atoms with van der Waals surface area (Å²) in [5.41, 5.74) is 0.796. The molecule has 1 N–H and O–H groups in total. The number of benzene rings is 3. The maximum absolute atomic E-state index is 14.0. The van der Waals surface area contributed by atoms with Crippen LogP contribution in [0.4, 0.5) is 14.5 Å². The number of nitrogens with one attached hydrogen (secondary N) is 1. The van der Waals surface area contributed by atoms with Gasteiger partial charge in [-0.2, -0.15) is 0 Å². The van der Waals surface area contributed by atoms with Gasteiger partial charge in [0.25, 0.3) is 11.8 Å². The van der Waals surface area contributed by atoms with Crippen LogP contribution in [0.1, 0.15) is 18.1 Å². The number of hydrogen-bond acceptors (Lipinski definition) is 5. The SMILES string of the molecule is CCOc1cc(/C=C2/C(=O)NC(=S)N(c3ccc(F)cc3)C2=O)cc(Cl)c1OCc1ccccc1F. The fourth-order valence-electron chi connectivity index (χ4n) is 3.49. The lowest BCUT2D eigenvalue weighted by Crippen LogP contribution is -2.54. The van der Waals surface area contributed by atoms with Crippen LogP contribution in [-0.2, 0) is 16.2 Å². The third-order valence-corrected chi connectivity index (χ3v) is 5.72. The second kappa shape index (κ2) is 10.8. The predicted octanol–water partition coefficient (Wildman–Crippen LogP) is 5.43. The van der Waals surface area contributed by atoms with Gasteiger partial charge >= 0.3 is 0 Å². The minimum Gasteiger partial charge on any atom is -0.490 e. The van der Waals surface area contributed by atoms with E-state index in [-0.39, 0.29) is 40.4 Å². The number of nitrogens with zero attached hydrogens (tertiary/aromatic N) is 1. The van der Waals surface area contributed by atoms with E-state index in [9.17, 15) is 18.4 Å². The fourth-order valence-corrected chi connectivity index (χ4v) is 4.04. The second-order valence-corrected chi connectivity index (χ2v) is 8.37. The van der Waals surface area contributed by atoms with Crippen molar-refractivity contribution in [2.75, 3.05) is 11.5 Å². The highest BCUT2D eigenvalue weighted by atomic mass is 35.5. The van der Waals surface area contributed by atoms with Gasteiger partial charge in [0.15, 0.2) is 16.6 Å². The molecule has 1 aliphatic rings. The Kier molecular flexibility index (Phi) is 7.61. The first-order chi connectivity index (χ1) is 17.3. The van der Waals surface area contributed by atoms with Gasteiger partial charge in [-0.25, -0.2) is 8.78 Å². The molecule has 0 aromatic heterocycles. The zero-order valence-corrected chi connectivity index (χ0v) is 20.5. The summed E-state index contributed by atoms with van der Waals surface area (Å²) < 4.78 is 38.7. The molecule has 0 radical (unpaired) electrons. The van der Waals surface area contributed by atoms with E-state index in [1.165, 1.54) is 42.5 Å². The number of anilines is 1. The summed E-state index contributed by atoms with van der Waals surface area (Å²) in [5, 5.41) is 2.48. The highest BCUT2D eigenvalue weighted by Gasteiger charge is 2.34. The lowest BCUT2D eigenvalue weighted by atomic mass is 10.1. The maximum Gasteiger partial charge on any atom is 0.270 e. The van der Waals surface area contributed by atoms with Crippen molar-refractivity contribution in [2.45, 2.75) is 13.5 Å². The molecule has 6 nitrogen and oxygen atoms in total. The predicted molar refractivity (Wildman–Crippen MR) is 136 cm³/mol. The quantitative estimate of drug-likeness (QED) is 0.252. The second-order valence-electron chi connectivity index (χ2n) is 7.58. The number of amides is 2. The lowest BCUT2D eigenvalue weighted by Gasteiger charge is -2.29. The van der Waals surface area contributed by atoms with Crippen molar-refractivity contribution in [3.63, 3.8) is 0 Å². The molecule has 0 saturated carbocycles. The van der Waals surface area contributed by atoms with Crippen molar-refractivity contribution in [2.24, 2.45) is 0 Å². The highest BCUT2D eigenvalue weighted by Crippen LogP contribution is 2.38. The van der Waals surface area contributed by atoms with Gasteiger partial charge in [-0.05, 0) is 73.2 Å². The molecule has 4 rings (SSSR count). The average molecular weight is 529 g/mol. The number of ether oxygens (including phenoxy) is 2. The van der Waals surface area contributed by atoms with Gasteiger partial charge in [-0.15, -0.1) is 0 Å². The maximum atomic E-state index is 14.0. The van der Waals surface area contributed by atoms with Gasteiger partial charge in [0.2, 0.25) is 0 Å². The van der Waals surface area contributed by atoms with Gasteiger partial charge < -0.3 is 9.47 Å². The summed E-state index contributed by atoms with van der Waals surface area (Å²) in [7, 11) is 0. The zero-order chi connectivity index (χ0) is 25.8. The molecule has 10 heteroatoms. The molecule has 0 atom stereocenters. The first kappa shape index (κ1) is 25.3. The Hall–Kier alpha value is -3.82. The van der Waals surface area contributed by atoms with Gasteiger partial charge in [-0.3, -0.25) is 19.8 Å². The highest BCUT2D eigenvalue weighted by molar-refractivity contribution is 7.80. The number of rotatable bonds is 7. The molecule has 0 unspecified atom stereocenters. The average Bonchev–Trinajstić information content (AvgIpc) is 2.83. The van der Waals surface area contributed by atoms with Crippen LogP contribution in [0.3, 0.4) is 0 Å². The number of carbonyl (C=O) groups is 2. The molecule has 36 heavy (non-hydrogen) atoms. The third-order valence-electron chi connectivity index (χ3n) is 5.16. The van der Waals surface area contributed by atoms with Gasteiger partial charge in [-0.1, -0.05) is 29.8 Å². The zero-order valence-electron chi connectivity index (χ0n) is 18.9. The molecular weight excluding hydrogens is 510 g/mol. The van der Waals surface area contributed by atoms with E-state index in [4.69, 9.17) is 33.3 Å². The van der Waals surface area contributed by atoms with E-state index in [1.807, 2.05) is 0 Å². The van der Waals surface area contributed by atoms with Gasteiger partial charge in [0, 0.05) is 5.56 Å². The van der Waals surface area contributed by atoms with Crippen molar-refractivity contribution in [3.05, 3.63) is 94.0 Å². The molecule has 3 aromatic carbocycles. The molecule has 1 aliphatic heterocycles. The van der Waals surface area contributed by atoms with E-state index < -0.39 is 23.4 Å². The molecule has 1 heterocycles. The summed E-state index contributed by atoms with van der Waals surface area (Å²) >= 11 is 11.6. The van der Waals surface area contributed by atoms with Crippen LogP contribution in [0.25, 0.3) is 6.08 Å². The number of carbonyl (C=O) groups excluding carboxylic acids is 2. The van der Waals surface area contributed by atoms with E-state index in [2.05, 4.69) is 5.32 Å². The molecule has 0 spiro atoms. The van der Waals surface area contributed by atoms with E-state index in [1.54, 1.807) is 31.2 Å². The van der Waals surface area contributed by atoms with Crippen LogP contribution in [0.2, 0.25) is 5.02 Å². The van der Waals surface area contributed by atoms with E-state index in [0.29, 0.717) is 16.8 Å². The van der Waals surface area contributed by atoms with E-state index >= 15 is 0 Å². The van der Waals surface area contributed by atoms with Gasteiger partial charge in [0.1, 0.15) is 23.8 Å². The van der Waals surface area contributed by atoms with Crippen LogP contribution in [-0.4, -0.2) is 23.5 Å². The van der Waals surface area contributed by atoms with Crippen LogP contribution >= 0.6 is 23.8 Å². The Morgan fingerprint density at radius 2 is 1.78 bits per heavy atom. The summed E-state index contributed by atoms with van der Waals surface area (Å²) in [6, 6.07) is 14.3. The Labute approximate surface area is 216 Å². The Morgan fingerprint density at radius 1 is 1.06 bits per heavy atom. The molecule has 1 fully saturated rings. The number of thiocarbonyl (C=S) groups is 1. The molecule has 0 aliphatic carbocycles. The van der Waals surface area contributed by atoms with Gasteiger partial charge in [0.05, 0.1) is 17.3 Å². The molecular formula is C26H19ClF2N2O4S. The Balaban J connectivity index is 1.66. The Bertz CT molecular complexity index is 1380. The Morgan fingerprint density at radius 3 is 2.47 bits per heavy atom.